The number of nitrogens with one attached hydrogen (secondary N) is 1. The molecule has 1 aromatic rings. The third kappa shape index (κ3) is 4.83. The van der Waals surface area contributed by atoms with Gasteiger partial charge in [-0.05, 0) is 24.5 Å². The van der Waals surface area contributed by atoms with Gasteiger partial charge in [0, 0.05) is 25.2 Å². The van der Waals surface area contributed by atoms with Gasteiger partial charge in [0.25, 0.3) is 0 Å². The van der Waals surface area contributed by atoms with Crippen molar-refractivity contribution in [2.45, 2.75) is 24.4 Å². The fraction of sp³-hybridized carbons (Fsp3) is 0.533. The van der Waals surface area contributed by atoms with E-state index in [2.05, 4.69) is 5.32 Å². The highest BCUT2D eigenvalue weighted by Gasteiger charge is 2.37. The molecule has 0 bridgehead atoms. The molecule has 0 atom stereocenters. The lowest BCUT2D eigenvalue weighted by Gasteiger charge is -2.38. The van der Waals surface area contributed by atoms with Gasteiger partial charge in [0.2, 0.25) is 5.91 Å². The van der Waals surface area contributed by atoms with Crippen molar-refractivity contribution in [1.82, 2.24) is 5.32 Å². The van der Waals surface area contributed by atoms with Crippen LogP contribution in [0.5, 0.6) is 0 Å². The van der Waals surface area contributed by atoms with Crippen LogP contribution >= 0.6 is 12.4 Å². The van der Waals surface area contributed by atoms with Gasteiger partial charge in [-0.2, -0.15) is 13.2 Å². The molecule has 4 nitrogen and oxygen atoms in total. The molecule has 130 valence electrons. The molecule has 8 heteroatoms. The molecule has 3 N–H and O–H groups in total. The zero-order valence-electron chi connectivity index (χ0n) is 12.5. The topological polar surface area (TPSA) is 64.4 Å². The summed E-state index contributed by atoms with van der Waals surface area (Å²) in [7, 11) is 0. The van der Waals surface area contributed by atoms with E-state index >= 15 is 0 Å². The van der Waals surface area contributed by atoms with E-state index in [1.54, 1.807) is 6.07 Å². The van der Waals surface area contributed by atoms with E-state index in [0.29, 0.717) is 31.6 Å². The molecule has 0 spiro atoms. The maximum absolute atomic E-state index is 12.9. The number of carbonyl (C=O) groups excluding carboxylic acids is 1. The van der Waals surface area contributed by atoms with Crippen molar-refractivity contribution in [2.75, 3.05) is 26.3 Å². The number of nitrogens with two attached hydrogens (primary N) is 1. The van der Waals surface area contributed by atoms with Gasteiger partial charge in [-0.15, -0.1) is 12.4 Å². The van der Waals surface area contributed by atoms with Gasteiger partial charge < -0.3 is 15.8 Å². The minimum absolute atomic E-state index is 0. The van der Waals surface area contributed by atoms with E-state index in [4.69, 9.17) is 10.5 Å². The number of amides is 1. The van der Waals surface area contributed by atoms with Crippen molar-refractivity contribution in [3.05, 3.63) is 35.4 Å². The maximum atomic E-state index is 12.9. The van der Waals surface area contributed by atoms with Crippen LogP contribution in [0.3, 0.4) is 0 Å². The molecular formula is C15H20ClF3N2O2. The second-order valence-electron chi connectivity index (χ2n) is 5.45. The second-order valence-corrected chi connectivity index (χ2v) is 5.45. The van der Waals surface area contributed by atoms with E-state index in [1.165, 1.54) is 12.1 Å². The molecule has 0 aromatic heterocycles. The first-order chi connectivity index (χ1) is 10.4. The third-order valence-electron chi connectivity index (χ3n) is 4.06. The molecule has 0 saturated carbocycles. The Kier molecular flexibility index (Phi) is 6.85. The summed E-state index contributed by atoms with van der Waals surface area (Å²) in [4.78, 5) is 11.4. The Hall–Kier alpha value is -1.31. The summed E-state index contributed by atoms with van der Waals surface area (Å²) in [5.74, 6) is -0.321. The van der Waals surface area contributed by atoms with Crippen LogP contribution in [-0.4, -0.2) is 32.2 Å². The van der Waals surface area contributed by atoms with E-state index < -0.39 is 17.2 Å². The molecule has 2 rings (SSSR count). The highest BCUT2D eigenvalue weighted by molar-refractivity contribution is 5.85. The number of hydrogen-bond donors (Lipinski definition) is 2. The number of benzene rings is 1. The molecule has 0 unspecified atom stereocenters. The normalized spacial score (nSPS) is 17.2. The van der Waals surface area contributed by atoms with Crippen molar-refractivity contribution in [3.8, 4) is 0 Å². The minimum atomic E-state index is -4.39. The lowest BCUT2D eigenvalue weighted by Crippen LogP contribution is -2.46. The number of hydrogen-bond acceptors (Lipinski definition) is 3. The van der Waals surface area contributed by atoms with Crippen LogP contribution in [0.25, 0.3) is 0 Å². The lowest BCUT2D eigenvalue weighted by atomic mass is 9.73. The highest BCUT2D eigenvalue weighted by Crippen LogP contribution is 2.37. The average molecular weight is 353 g/mol. The Morgan fingerprint density at radius 2 is 1.96 bits per heavy atom. The number of carbonyl (C=O) groups is 1. The second kappa shape index (κ2) is 7.99. The van der Waals surface area contributed by atoms with Crippen LogP contribution in [0.4, 0.5) is 13.2 Å². The summed E-state index contributed by atoms with van der Waals surface area (Å²) in [6.45, 7) is 1.02. The number of alkyl halides is 3. The van der Waals surface area contributed by atoms with Crippen molar-refractivity contribution < 1.29 is 22.7 Å². The molecule has 23 heavy (non-hydrogen) atoms. The SMILES string of the molecule is Cl.NCC(=O)NCC1(c2cccc(C(F)(F)F)c2)CCOCC1. The summed E-state index contributed by atoms with van der Waals surface area (Å²) in [6.07, 6.45) is -3.28. The lowest BCUT2D eigenvalue weighted by molar-refractivity contribution is -0.137. The number of ether oxygens (including phenoxy) is 1. The number of halogens is 4. The van der Waals surface area contributed by atoms with Crippen molar-refractivity contribution in [2.24, 2.45) is 5.73 Å². The summed E-state index contributed by atoms with van der Waals surface area (Å²) < 4.78 is 44.1. The summed E-state index contributed by atoms with van der Waals surface area (Å²) in [5, 5.41) is 2.70. The van der Waals surface area contributed by atoms with Crippen LogP contribution in [0.2, 0.25) is 0 Å². The molecule has 1 fully saturated rings. The smallest absolute Gasteiger partial charge is 0.381 e. The highest BCUT2D eigenvalue weighted by atomic mass is 35.5. The molecule has 1 aliphatic heterocycles. The van der Waals surface area contributed by atoms with Crippen LogP contribution in [0.1, 0.15) is 24.0 Å². The third-order valence-corrected chi connectivity index (χ3v) is 4.06. The Balaban J connectivity index is 0.00000264. The van der Waals surface area contributed by atoms with Gasteiger partial charge in [-0.1, -0.05) is 18.2 Å². The zero-order chi connectivity index (χ0) is 16.2. The van der Waals surface area contributed by atoms with Crippen LogP contribution in [0, 0.1) is 0 Å². The molecule has 0 radical (unpaired) electrons. The molecular weight excluding hydrogens is 333 g/mol. The van der Waals surface area contributed by atoms with Crippen molar-refractivity contribution in [3.63, 3.8) is 0 Å². The summed E-state index contributed by atoms with van der Waals surface area (Å²) >= 11 is 0. The zero-order valence-corrected chi connectivity index (χ0v) is 13.3. The Labute approximate surface area is 139 Å². The minimum Gasteiger partial charge on any atom is -0.381 e. The van der Waals surface area contributed by atoms with Crippen molar-refractivity contribution in [1.29, 1.82) is 0 Å². The fourth-order valence-corrected chi connectivity index (χ4v) is 2.69. The predicted octanol–water partition coefficient (Wildman–Crippen LogP) is 2.25. The molecule has 1 aliphatic rings. The standard InChI is InChI=1S/C15H19F3N2O2.ClH/c16-15(17,18)12-3-1-2-11(8-12)14(4-6-22-7-5-14)10-20-13(21)9-19;/h1-3,8H,4-7,9-10,19H2,(H,20,21);1H. The molecule has 1 saturated heterocycles. The molecule has 1 heterocycles. The summed E-state index contributed by atoms with van der Waals surface area (Å²) in [6, 6.07) is 5.30. The van der Waals surface area contributed by atoms with Gasteiger partial charge in [-0.25, -0.2) is 0 Å². The van der Waals surface area contributed by atoms with Gasteiger partial charge >= 0.3 is 6.18 Å². The fourth-order valence-electron chi connectivity index (χ4n) is 2.69. The van der Waals surface area contributed by atoms with Gasteiger partial charge in [-0.3, -0.25) is 4.79 Å². The van der Waals surface area contributed by atoms with Gasteiger partial charge in [0.05, 0.1) is 12.1 Å². The monoisotopic (exact) mass is 352 g/mol. The first-order valence-electron chi connectivity index (χ1n) is 7.10. The van der Waals surface area contributed by atoms with E-state index in [1.807, 2.05) is 0 Å². The van der Waals surface area contributed by atoms with E-state index in [0.717, 1.165) is 6.07 Å². The van der Waals surface area contributed by atoms with Crippen molar-refractivity contribution >= 4 is 18.3 Å². The largest absolute Gasteiger partial charge is 0.416 e. The Morgan fingerprint density at radius 3 is 2.52 bits per heavy atom. The van der Waals surface area contributed by atoms with Crippen LogP contribution in [0.15, 0.2) is 24.3 Å². The Bertz CT molecular complexity index is 532. The van der Waals surface area contributed by atoms with Gasteiger partial charge in [0.1, 0.15) is 0 Å². The number of rotatable bonds is 4. The maximum Gasteiger partial charge on any atom is 0.416 e. The Morgan fingerprint density at radius 1 is 1.30 bits per heavy atom. The summed E-state index contributed by atoms with van der Waals surface area (Å²) in [5.41, 5.74) is 4.61. The first-order valence-corrected chi connectivity index (χ1v) is 7.10. The van der Waals surface area contributed by atoms with Crippen LogP contribution < -0.4 is 11.1 Å². The average Bonchev–Trinajstić information content (AvgIpc) is 2.53. The molecule has 1 aromatic carbocycles. The van der Waals surface area contributed by atoms with E-state index in [-0.39, 0.29) is 31.4 Å². The first kappa shape index (κ1) is 19.7. The molecule has 0 aliphatic carbocycles. The van der Waals surface area contributed by atoms with Gasteiger partial charge in [0.15, 0.2) is 0 Å². The predicted molar refractivity (Wildman–Crippen MR) is 82.5 cm³/mol. The van der Waals surface area contributed by atoms with Crippen LogP contribution in [-0.2, 0) is 21.1 Å². The quantitative estimate of drug-likeness (QED) is 0.873. The van der Waals surface area contributed by atoms with E-state index in [9.17, 15) is 18.0 Å². The molecule has 1 amide bonds.